The van der Waals surface area contributed by atoms with Crippen LogP contribution >= 0.6 is 0 Å². The minimum Gasteiger partial charge on any atom is -0.493 e. The lowest BCUT2D eigenvalue weighted by Gasteiger charge is -2.47. The molecule has 2 aromatic rings. The SMILES string of the molecule is COc1cc2ncn(C)c(=O)c2cc1OC1CCC2(CC1)C(=O)CCCN2C. The first kappa shape index (κ1) is 18.9. The summed E-state index contributed by atoms with van der Waals surface area (Å²) in [6.07, 6.45) is 6.38. The van der Waals surface area contributed by atoms with Gasteiger partial charge in [0.15, 0.2) is 17.3 Å². The van der Waals surface area contributed by atoms with Gasteiger partial charge in [-0.3, -0.25) is 14.5 Å². The number of ketones is 1. The van der Waals surface area contributed by atoms with Crippen molar-refractivity contribution >= 4 is 16.7 Å². The van der Waals surface area contributed by atoms with E-state index in [1.165, 1.54) is 10.9 Å². The number of methoxy groups -OCH3 is 1. The van der Waals surface area contributed by atoms with Gasteiger partial charge in [-0.1, -0.05) is 0 Å². The first-order chi connectivity index (χ1) is 13.4. The monoisotopic (exact) mass is 385 g/mol. The molecule has 2 heterocycles. The van der Waals surface area contributed by atoms with Crippen molar-refractivity contribution < 1.29 is 14.3 Å². The molecule has 0 bridgehead atoms. The highest BCUT2D eigenvalue weighted by molar-refractivity contribution is 5.89. The molecular weight excluding hydrogens is 358 g/mol. The van der Waals surface area contributed by atoms with Gasteiger partial charge in [-0.2, -0.15) is 0 Å². The van der Waals surface area contributed by atoms with E-state index >= 15 is 0 Å². The topological polar surface area (TPSA) is 73.7 Å². The molecule has 2 fully saturated rings. The van der Waals surface area contributed by atoms with Crippen LogP contribution in [0.3, 0.4) is 0 Å². The van der Waals surface area contributed by atoms with E-state index in [2.05, 4.69) is 16.9 Å². The Kier molecular flexibility index (Phi) is 4.87. The van der Waals surface area contributed by atoms with Crippen LogP contribution in [-0.4, -0.2) is 52.6 Å². The summed E-state index contributed by atoms with van der Waals surface area (Å²) in [5.74, 6) is 1.50. The molecule has 1 aliphatic carbocycles. The number of carbonyl (C=O) groups excluding carboxylic acids is 1. The second-order valence-electron chi connectivity index (χ2n) is 7.98. The molecule has 0 N–H and O–H groups in total. The molecule has 1 spiro atoms. The van der Waals surface area contributed by atoms with Gasteiger partial charge in [-0.15, -0.1) is 0 Å². The fourth-order valence-electron chi connectivity index (χ4n) is 4.63. The molecule has 0 atom stereocenters. The number of hydrogen-bond acceptors (Lipinski definition) is 6. The molecule has 7 nitrogen and oxygen atoms in total. The summed E-state index contributed by atoms with van der Waals surface area (Å²) in [4.78, 5) is 31.6. The maximum absolute atomic E-state index is 12.6. The van der Waals surface area contributed by atoms with Crippen molar-refractivity contribution in [1.29, 1.82) is 0 Å². The highest BCUT2D eigenvalue weighted by atomic mass is 16.5. The molecule has 0 unspecified atom stereocenters. The molecule has 150 valence electrons. The molecule has 2 aliphatic rings. The minimum absolute atomic E-state index is 0.000579. The number of benzene rings is 1. The van der Waals surface area contributed by atoms with Crippen molar-refractivity contribution in [2.24, 2.45) is 7.05 Å². The van der Waals surface area contributed by atoms with Gasteiger partial charge in [0.05, 0.1) is 36.0 Å². The van der Waals surface area contributed by atoms with E-state index in [9.17, 15) is 9.59 Å². The van der Waals surface area contributed by atoms with Crippen molar-refractivity contribution in [2.75, 3.05) is 20.7 Å². The van der Waals surface area contributed by atoms with Crippen molar-refractivity contribution in [3.05, 3.63) is 28.8 Å². The summed E-state index contributed by atoms with van der Waals surface area (Å²) in [6.45, 7) is 0.978. The number of nitrogens with zero attached hydrogens (tertiary/aromatic N) is 3. The van der Waals surface area contributed by atoms with Crippen LogP contribution in [-0.2, 0) is 11.8 Å². The van der Waals surface area contributed by atoms with Crippen LogP contribution in [0.2, 0.25) is 0 Å². The molecule has 1 saturated heterocycles. The number of likely N-dealkylation sites (N-methyl/N-ethyl adjacent to an activating group) is 1. The smallest absolute Gasteiger partial charge is 0.261 e. The van der Waals surface area contributed by atoms with E-state index < -0.39 is 0 Å². The Balaban J connectivity index is 1.56. The van der Waals surface area contributed by atoms with E-state index in [4.69, 9.17) is 9.47 Å². The van der Waals surface area contributed by atoms with Crippen LogP contribution in [0.4, 0.5) is 0 Å². The minimum atomic E-state index is -0.314. The van der Waals surface area contributed by atoms with Crippen molar-refractivity contribution in [1.82, 2.24) is 14.5 Å². The highest BCUT2D eigenvalue weighted by Crippen LogP contribution is 2.40. The quantitative estimate of drug-likeness (QED) is 0.807. The third-order valence-corrected chi connectivity index (χ3v) is 6.40. The Morgan fingerprint density at radius 1 is 1.14 bits per heavy atom. The zero-order valence-electron chi connectivity index (χ0n) is 16.7. The Bertz CT molecular complexity index is 960. The van der Waals surface area contributed by atoms with E-state index in [-0.39, 0.29) is 17.2 Å². The van der Waals surface area contributed by atoms with Gasteiger partial charge in [0.1, 0.15) is 0 Å². The standard InChI is InChI=1S/C21H27N3O4/c1-23-13-22-16-12-17(27-3)18(11-15(16)20(23)26)28-14-6-8-21(9-7-14)19(25)5-4-10-24(21)2/h11-14H,4-10H2,1-3H3. The van der Waals surface area contributed by atoms with Gasteiger partial charge >= 0.3 is 0 Å². The lowest BCUT2D eigenvalue weighted by atomic mass is 9.73. The first-order valence-electron chi connectivity index (χ1n) is 9.89. The number of aromatic nitrogens is 2. The summed E-state index contributed by atoms with van der Waals surface area (Å²) in [7, 11) is 5.33. The van der Waals surface area contributed by atoms with E-state index in [0.29, 0.717) is 34.6 Å². The Hall–Kier alpha value is -2.41. The van der Waals surface area contributed by atoms with Crippen LogP contribution < -0.4 is 15.0 Å². The predicted molar refractivity (Wildman–Crippen MR) is 106 cm³/mol. The van der Waals surface area contributed by atoms with E-state index in [0.717, 1.165) is 38.6 Å². The molecule has 28 heavy (non-hydrogen) atoms. The van der Waals surface area contributed by atoms with Crippen molar-refractivity contribution in [3.8, 4) is 11.5 Å². The molecule has 1 aliphatic heterocycles. The number of ether oxygens (including phenoxy) is 2. The average Bonchev–Trinajstić information content (AvgIpc) is 2.70. The van der Waals surface area contributed by atoms with Crippen LogP contribution in [0.25, 0.3) is 10.9 Å². The number of carbonyl (C=O) groups is 1. The van der Waals surface area contributed by atoms with Crippen molar-refractivity contribution in [2.45, 2.75) is 50.2 Å². The fourth-order valence-corrected chi connectivity index (χ4v) is 4.63. The van der Waals surface area contributed by atoms with E-state index in [1.807, 2.05) is 0 Å². The average molecular weight is 385 g/mol. The second-order valence-corrected chi connectivity index (χ2v) is 7.98. The largest absolute Gasteiger partial charge is 0.493 e. The number of Topliss-reactive ketones (excluding diaryl/α,β-unsaturated/α-hetero) is 1. The van der Waals surface area contributed by atoms with Gasteiger partial charge < -0.3 is 14.0 Å². The van der Waals surface area contributed by atoms with Gasteiger partial charge in [-0.25, -0.2) is 4.98 Å². The van der Waals surface area contributed by atoms with Crippen LogP contribution in [0, 0.1) is 0 Å². The van der Waals surface area contributed by atoms with Crippen molar-refractivity contribution in [3.63, 3.8) is 0 Å². The number of hydrogen-bond donors (Lipinski definition) is 0. The molecule has 1 aromatic heterocycles. The number of piperidine rings is 1. The Morgan fingerprint density at radius 2 is 1.89 bits per heavy atom. The lowest BCUT2D eigenvalue weighted by Crippen LogP contribution is -2.58. The normalized spacial score (nSPS) is 26.0. The highest BCUT2D eigenvalue weighted by Gasteiger charge is 2.46. The van der Waals surface area contributed by atoms with Crippen LogP contribution in [0.15, 0.2) is 23.3 Å². The summed E-state index contributed by atoms with van der Waals surface area (Å²) in [5.41, 5.74) is 0.157. The number of aryl methyl sites for hydroxylation is 1. The Morgan fingerprint density at radius 3 is 2.57 bits per heavy atom. The number of fused-ring (bicyclic) bond motifs is 1. The molecule has 1 saturated carbocycles. The fraction of sp³-hybridized carbons (Fsp3) is 0.571. The maximum Gasteiger partial charge on any atom is 0.261 e. The molecule has 1 aromatic carbocycles. The van der Waals surface area contributed by atoms with Crippen LogP contribution in [0.5, 0.6) is 11.5 Å². The number of rotatable bonds is 3. The van der Waals surface area contributed by atoms with Crippen LogP contribution in [0.1, 0.15) is 38.5 Å². The van der Waals surface area contributed by atoms with Gasteiger partial charge in [0.25, 0.3) is 5.56 Å². The van der Waals surface area contributed by atoms with Gasteiger partial charge in [0.2, 0.25) is 0 Å². The zero-order chi connectivity index (χ0) is 19.9. The third-order valence-electron chi connectivity index (χ3n) is 6.40. The number of likely N-dealkylation sites (tertiary alicyclic amines) is 1. The maximum atomic E-state index is 12.6. The van der Waals surface area contributed by atoms with Gasteiger partial charge in [0, 0.05) is 19.5 Å². The zero-order valence-corrected chi connectivity index (χ0v) is 16.7. The summed E-state index contributed by atoms with van der Waals surface area (Å²) >= 11 is 0. The summed E-state index contributed by atoms with van der Waals surface area (Å²) in [5, 5.41) is 0.510. The molecule has 4 rings (SSSR count). The Labute approximate surface area is 164 Å². The second kappa shape index (κ2) is 7.20. The van der Waals surface area contributed by atoms with E-state index in [1.54, 1.807) is 26.3 Å². The molecule has 0 radical (unpaired) electrons. The molecule has 7 heteroatoms. The third kappa shape index (κ3) is 3.07. The summed E-state index contributed by atoms with van der Waals surface area (Å²) < 4.78 is 13.2. The van der Waals surface area contributed by atoms with Gasteiger partial charge in [-0.05, 0) is 51.8 Å². The molecular formula is C21H27N3O4. The predicted octanol–water partition coefficient (Wildman–Crippen LogP) is 2.30. The summed E-state index contributed by atoms with van der Waals surface area (Å²) in [6, 6.07) is 3.47. The first-order valence-corrected chi connectivity index (χ1v) is 9.89. The lowest BCUT2D eigenvalue weighted by molar-refractivity contribution is -0.137. The molecule has 0 amide bonds.